The van der Waals surface area contributed by atoms with Crippen LogP contribution in [0.25, 0.3) is 6.08 Å². The Morgan fingerprint density at radius 3 is 2.85 bits per heavy atom. The number of rotatable bonds is 3. The van der Waals surface area contributed by atoms with E-state index >= 15 is 0 Å². The maximum absolute atomic E-state index is 12.7. The van der Waals surface area contributed by atoms with E-state index in [1.807, 2.05) is 6.07 Å². The molecule has 5 nitrogen and oxygen atoms in total. The van der Waals surface area contributed by atoms with E-state index in [0.717, 1.165) is 24.6 Å². The van der Waals surface area contributed by atoms with Crippen molar-refractivity contribution in [2.45, 2.75) is 26.3 Å². The first-order valence-electron chi connectivity index (χ1n) is 9.12. The van der Waals surface area contributed by atoms with E-state index in [1.165, 1.54) is 23.8 Å². The number of ketones is 1. The van der Waals surface area contributed by atoms with Crippen molar-refractivity contribution >= 4 is 11.9 Å². The number of aromatic nitrogens is 1. The van der Waals surface area contributed by atoms with Crippen LogP contribution in [-0.4, -0.2) is 23.9 Å². The van der Waals surface area contributed by atoms with Crippen molar-refractivity contribution < 1.29 is 19.5 Å². The highest BCUT2D eigenvalue weighted by Gasteiger charge is 2.31. The average molecular weight is 350 g/mol. The predicted molar refractivity (Wildman–Crippen MR) is 95.9 cm³/mol. The number of hydrogen-bond acceptors (Lipinski definition) is 4. The maximum Gasteiger partial charge on any atom is 0.231 e. The highest BCUT2D eigenvalue weighted by molar-refractivity contribution is 6.14. The molecule has 1 aromatic heterocycles. The molecule has 0 radical (unpaired) electrons. The van der Waals surface area contributed by atoms with E-state index in [1.54, 1.807) is 30.6 Å². The molecular weight excluding hydrogens is 328 g/mol. The summed E-state index contributed by atoms with van der Waals surface area (Å²) in [5.41, 5.74) is 1.90. The number of nitrogens with zero attached hydrogens (tertiary/aromatic N) is 1. The van der Waals surface area contributed by atoms with E-state index in [0.29, 0.717) is 23.4 Å². The van der Waals surface area contributed by atoms with Gasteiger partial charge in [0, 0.05) is 18.0 Å². The van der Waals surface area contributed by atoms with Gasteiger partial charge in [0.15, 0.2) is 5.76 Å². The van der Waals surface area contributed by atoms with Crippen molar-refractivity contribution in [2.24, 2.45) is 5.92 Å². The molecule has 2 aromatic rings. The number of pyridine rings is 1. The third-order valence-corrected chi connectivity index (χ3v) is 5.29. The van der Waals surface area contributed by atoms with Crippen LogP contribution in [0.4, 0.5) is 0 Å². The molecule has 0 saturated carbocycles. The molecule has 0 atom stereocenters. The van der Waals surface area contributed by atoms with Gasteiger partial charge in [-0.2, -0.15) is 0 Å². The number of allylic oxidation sites excluding steroid dienone is 1. The molecule has 2 aliphatic heterocycles. The highest BCUT2D eigenvalue weighted by Crippen LogP contribution is 2.38. The summed E-state index contributed by atoms with van der Waals surface area (Å²) in [5.74, 6) is 1.22. The molecule has 134 valence electrons. The minimum Gasteiger partial charge on any atom is -0.872 e. The third kappa shape index (κ3) is 3.22. The molecule has 2 aliphatic rings. The minimum absolute atomic E-state index is 0.0506. The molecule has 3 heterocycles. The van der Waals surface area contributed by atoms with Crippen LogP contribution in [0.2, 0.25) is 0 Å². The van der Waals surface area contributed by atoms with Crippen molar-refractivity contribution in [3.05, 3.63) is 59.1 Å². The van der Waals surface area contributed by atoms with E-state index in [4.69, 9.17) is 4.74 Å². The number of fused-ring (bicyclic) bond motifs is 1. The molecule has 5 heteroatoms. The monoisotopic (exact) mass is 350 g/mol. The zero-order valence-corrected chi connectivity index (χ0v) is 14.8. The Morgan fingerprint density at radius 2 is 2.12 bits per heavy atom. The topological polar surface area (TPSA) is 66.7 Å². The van der Waals surface area contributed by atoms with Crippen LogP contribution >= 0.6 is 0 Å². The summed E-state index contributed by atoms with van der Waals surface area (Å²) >= 11 is 0. The largest absolute Gasteiger partial charge is 0.872 e. The Labute approximate surface area is 152 Å². The second kappa shape index (κ2) is 6.92. The van der Waals surface area contributed by atoms with Crippen molar-refractivity contribution in [3.63, 3.8) is 0 Å². The molecule has 0 aliphatic carbocycles. The molecule has 1 N–H and O–H groups in total. The van der Waals surface area contributed by atoms with Crippen molar-refractivity contribution in [1.82, 2.24) is 4.98 Å². The van der Waals surface area contributed by atoms with Gasteiger partial charge >= 0.3 is 0 Å². The lowest BCUT2D eigenvalue weighted by atomic mass is 9.98. The third-order valence-electron chi connectivity index (χ3n) is 5.29. The van der Waals surface area contributed by atoms with Crippen molar-refractivity contribution in [3.8, 4) is 11.5 Å². The van der Waals surface area contributed by atoms with Crippen LogP contribution in [0.3, 0.4) is 0 Å². The van der Waals surface area contributed by atoms with E-state index in [9.17, 15) is 9.90 Å². The summed E-state index contributed by atoms with van der Waals surface area (Å²) in [6.07, 6.45) is 7.37. The zero-order chi connectivity index (χ0) is 18.1. The summed E-state index contributed by atoms with van der Waals surface area (Å²) in [6, 6.07) is 6.75. The Hall–Kier alpha value is -2.66. The zero-order valence-electron chi connectivity index (χ0n) is 14.8. The number of benzene rings is 1. The number of ether oxygens (including phenoxy) is 1. The number of piperidine rings is 1. The van der Waals surface area contributed by atoms with Gasteiger partial charge in [-0.3, -0.25) is 9.78 Å². The summed E-state index contributed by atoms with van der Waals surface area (Å²) in [6.45, 7) is 4.99. The van der Waals surface area contributed by atoms with E-state index < -0.39 is 0 Å². The molecule has 1 aromatic carbocycles. The fourth-order valence-electron chi connectivity index (χ4n) is 3.67. The number of carbonyl (C=O) groups is 1. The lowest BCUT2D eigenvalue weighted by Crippen LogP contribution is -3.11. The van der Waals surface area contributed by atoms with E-state index in [-0.39, 0.29) is 17.3 Å². The van der Waals surface area contributed by atoms with Gasteiger partial charge in [-0.05, 0) is 42.5 Å². The first kappa shape index (κ1) is 16.8. The molecule has 4 rings (SSSR count). The molecule has 1 fully saturated rings. The first-order chi connectivity index (χ1) is 12.6. The lowest BCUT2D eigenvalue weighted by Gasteiger charge is -2.29. The average Bonchev–Trinajstić information content (AvgIpc) is 2.96. The Morgan fingerprint density at radius 1 is 1.31 bits per heavy atom. The van der Waals surface area contributed by atoms with Crippen molar-refractivity contribution in [2.75, 3.05) is 13.1 Å². The van der Waals surface area contributed by atoms with Crippen molar-refractivity contribution in [1.29, 1.82) is 0 Å². The normalized spacial score (nSPS) is 23.7. The number of carbonyl (C=O) groups excluding carboxylic acids is 1. The van der Waals surface area contributed by atoms with Gasteiger partial charge < -0.3 is 14.7 Å². The van der Waals surface area contributed by atoms with Crippen LogP contribution in [0.1, 0.15) is 41.3 Å². The van der Waals surface area contributed by atoms with Crippen LogP contribution < -0.4 is 14.7 Å². The highest BCUT2D eigenvalue weighted by atomic mass is 16.5. The summed E-state index contributed by atoms with van der Waals surface area (Å²) in [7, 11) is 0. The smallest absolute Gasteiger partial charge is 0.231 e. The fourth-order valence-corrected chi connectivity index (χ4v) is 3.67. The molecule has 26 heavy (non-hydrogen) atoms. The second-order valence-corrected chi connectivity index (χ2v) is 7.25. The SMILES string of the molecule is CC1CC[NH+](Cc2c([O-])ccc3c2O/C(=C\c2cccnc2)C3=O)CC1. The van der Waals surface area contributed by atoms with Crippen LogP contribution in [0.15, 0.2) is 42.4 Å². The van der Waals surface area contributed by atoms with Crippen LogP contribution in [0, 0.1) is 5.92 Å². The Kier molecular flexibility index (Phi) is 4.47. The molecule has 0 bridgehead atoms. The number of likely N-dealkylation sites (tertiary alicyclic amines) is 1. The Balaban J connectivity index is 1.62. The number of quaternary nitrogens is 1. The van der Waals surface area contributed by atoms with Gasteiger partial charge in [0.2, 0.25) is 5.78 Å². The van der Waals surface area contributed by atoms with Gasteiger partial charge in [-0.25, -0.2) is 0 Å². The van der Waals surface area contributed by atoms with Gasteiger partial charge in [0.25, 0.3) is 0 Å². The molecule has 0 amide bonds. The van der Waals surface area contributed by atoms with E-state index in [2.05, 4.69) is 11.9 Å². The molecular formula is C21H22N2O3. The summed E-state index contributed by atoms with van der Waals surface area (Å²) < 4.78 is 5.87. The second-order valence-electron chi connectivity index (χ2n) is 7.25. The summed E-state index contributed by atoms with van der Waals surface area (Å²) in [5, 5.41) is 12.5. The van der Waals surface area contributed by atoms with Gasteiger partial charge in [-0.1, -0.05) is 24.8 Å². The van der Waals surface area contributed by atoms with Crippen LogP contribution in [-0.2, 0) is 6.54 Å². The number of hydrogen-bond donors (Lipinski definition) is 1. The molecule has 0 unspecified atom stereocenters. The van der Waals surface area contributed by atoms with Gasteiger partial charge in [0.1, 0.15) is 12.3 Å². The fraction of sp³-hybridized carbons (Fsp3) is 0.333. The quantitative estimate of drug-likeness (QED) is 0.854. The molecule has 1 saturated heterocycles. The van der Waals surface area contributed by atoms with Gasteiger partial charge in [-0.15, -0.1) is 0 Å². The molecule has 0 spiro atoms. The van der Waals surface area contributed by atoms with Crippen LogP contribution in [0.5, 0.6) is 11.5 Å². The standard InChI is InChI=1S/C21H22N2O3/c1-14-6-9-23(10-7-14)13-17-18(24)5-4-16-20(25)19(26-21(16)17)11-15-3-2-8-22-12-15/h2-5,8,11-12,14,24H,6-7,9-10,13H2,1H3/b19-11-. The first-order valence-corrected chi connectivity index (χ1v) is 9.12. The number of nitrogens with one attached hydrogen (secondary N) is 1. The maximum atomic E-state index is 12.7. The Bertz CT molecular complexity index is 853. The minimum atomic E-state index is -0.174. The summed E-state index contributed by atoms with van der Waals surface area (Å²) in [4.78, 5) is 18.1. The van der Waals surface area contributed by atoms with Gasteiger partial charge in [0.05, 0.1) is 18.7 Å². The predicted octanol–water partition coefficient (Wildman–Crippen LogP) is 1.59. The lowest BCUT2D eigenvalue weighted by molar-refractivity contribution is -0.919. The number of Topliss-reactive ketones (excluding diaryl/α,β-unsaturated/α-hetero) is 1.